The number of aryl methyl sites for hydroxylation is 2. The topological polar surface area (TPSA) is 88.3 Å². The molecule has 0 bridgehead atoms. The van der Waals surface area contributed by atoms with Gasteiger partial charge in [0.2, 0.25) is 12.3 Å². The van der Waals surface area contributed by atoms with Crippen molar-refractivity contribution in [1.29, 1.82) is 0 Å². The van der Waals surface area contributed by atoms with Crippen LogP contribution < -0.4 is 5.32 Å². The maximum atomic E-state index is 12.6. The Morgan fingerprint density at radius 3 is 2.53 bits per heavy atom. The molecule has 0 spiro atoms. The molecular weight excluding hydrogens is 448 g/mol. The minimum absolute atomic E-state index is 0.186. The highest BCUT2D eigenvalue weighted by atomic mass is 32.1. The highest BCUT2D eigenvalue weighted by molar-refractivity contribution is 7.13. The summed E-state index contributed by atoms with van der Waals surface area (Å²) < 4.78 is 5.31. The smallest absolute Gasteiger partial charge is 0.233 e. The predicted molar refractivity (Wildman–Crippen MR) is 134 cm³/mol. The van der Waals surface area contributed by atoms with Crippen LogP contribution >= 0.6 is 11.3 Å². The normalized spacial score (nSPS) is 16.2. The number of rotatable bonds is 7. The first-order chi connectivity index (χ1) is 16.3. The maximum Gasteiger partial charge on any atom is 0.233 e. The molecular formula is C26H34N4O3S. The van der Waals surface area contributed by atoms with Crippen LogP contribution in [-0.4, -0.2) is 39.9 Å². The van der Waals surface area contributed by atoms with Gasteiger partial charge in [0, 0.05) is 25.2 Å². The third kappa shape index (κ3) is 6.32. The second kappa shape index (κ2) is 11.9. The minimum Gasteiger partial charge on any atom is -0.360 e. The third-order valence-corrected chi connectivity index (χ3v) is 7.05. The molecule has 7 nitrogen and oxygen atoms in total. The molecule has 34 heavy (non-hydrogen) atoms. The minimum atomic E-state index is -0.202. The van der Waals surface area contributed by atoms with Crippen molar-refractivity contribution in [1.82, 2.24) is 20.4 Å². The van der Waals surface area contributed by atoms with E-state index in [4.69, 9.17) is 4.52 Å². The van der Waals surface area contributed by atoms with Crippen molar-refractivity contribution in [2.45, 2.75) is 66.0 Å². The zero-order chi connectivity index (χ0) is 24.7. The van der Waals surface area contributed by atoms with E-state index in [1.807, 2.05) is 42.5 Å². The molecule has 3 aromatic rings. The van der Waals surface area contributed by atoms with Crippen LogP contribution in [-0.2, 0) is 16.1 Å². The fourth-order valence-corrected chi connectivity index (χ4v) is 5.03. The van der Waals surface area contributed by atoms with Gasteiger partial charge in [0.05, 0.1) is 21.8 Å². The Bertz CT molecular complexity index is 1070. The zero-order valence-corrected chi connectivity index (χ0v) is 21.4. The van der Waals surface area contributed by atoms with E-state index in [9.17, 15) is 9.59 Å². The van der Waals surface area contributed by atoms with E-state index in [0.717, 1.165) is 36.3 Å². The molecule has 1 aromatic carbocycles. The summed E-state index contributed by atoms with van der Waals surface area (Å²) in [4.78, 5) is 30.2. The van der Waals surface area contributed by atoms with Crippen molar-refractivity contribution in [3.8, 4) is 10.4 Å². The van der Waals surface area contributed by atoms with E-state index >= 15 is 0 Å². The first kappa shape index (κ1) is 25.6. The van der Waals surface area contributed by atoms with Crippen molar-refractivity contribution in [3.63, 3.8) is 0 Å². The lowest BCUT2D eigenvalue weighted by molar-refractivity contribution is -0.134. The first-order valence-corrected chi connectivity index (χ1v) is 12.6. The van der Waals surface area contributed by atoms with Gasteiger partial charge in [-0.2, -0.15) is 0 Å². The van der Waals surface area contributed by atoms with Gasteiger partial charge in [-0.25, -0.2) is 4.98 Å². The van der Waals surface area contributed by atoms with Gasteiger partial charge >= 0.3 is 0 Å². The number of nitrogens with one attached hydrogen (secondary N) is 1. The first-order valence-electron chi connectivity index (χ1n) is 11.7. The Labute approximate surface area is 205 Å². The molecule has 0 aliphatic carbocycles. The van der Waals surface area contributed by atoms with Gasteiger partial charge in [-0.1, -0.05) is 43.3 Å². The molecule has 3 heterocycles. The van der Waals surface area contributed by atoms with E-state index in [0.29, 0.717) is 24.8 Å². The van der Waals surface area contributed by atoms with Crippen molar-refractivity contribution in [2.24, 2.45) is 5.92 Å². The summed E-state index contributed by atoms with van der Waals surface area (Å²) in [6.07, 6.45) is 2.92. The number of hydrogen-bond acceptors (Lipinski definition) is 6. The quantitative estimate of drug-likeness (QED) is 0.474. The average molecular weight is 483 g/mol. The number of hydrogen-bond donors (Lipinski definition) is 1. The largest absolute Gasteiger partial charge is 0.360 e. The second-order valence-electron chi connectivity index (χ2n) is 9.08. The molecule has 2 atom stereocenters. The molecule has 1 saturated heterocycles. The van der Waals surface area contributed by atoms with E-state index in [-0.39, 0.29) is 17.7 Å². The molecule has 2 aromatic heterocycles. The number of carbonyl (C=O) groups is 2. The second-order valence-corrected chi connectivity index (χ2v) is 9.93. The molecule has 2 amide bonds. The number of carbonyl (C=O) groups excluding carboxylic acids is 2. The number of aromatic nitrogens is 2. The van der Waals surface area contributed by atoms with Crippen LogP contribution in [0.25, 0.3) is 10.4 Å². The molecule has 1 N–H and O–H groups in total. The molecule has 4 rings (SSSR count). The van der Waals surface area contributed by atoms with Crippen molar-refractivity contribution >= 4 is 23.7 Å². The van der Waals surface area contributed by atoms with E-state index in [1.165, 1.54) is 10.4 Å². The predicted octanol–water partition coefficient (Wildman–Crippen LogP) is 5.10. The fourth-order valence-electron chi connectivity index (χ4n) is 4.22. The molecule has 1 aliphatic heterocycles. The van der Waals surface area contributed by atoms with Crippen LogP contribution in [0.3, 0.4) is 0 Å². The Balaban J connectivity index is 0.000000192. The van der Waals surface area contributed by atoms with Crippen molar-refractivity contribution in [2.75, 3.05) is 6.54 Å². The summed E-state index contributed by atoms with van der Waals surface area (Å²) in [6, 6.07) is 10.4. The van der Waals surface area contributed by atoms with Gasteiger partial charge in [0.15, 0.2) is 0 Å². The van der Waals surface area contributed by atoms with Crippen LogP contribution in [0.2, 0.25) is 0 Å². The molecule has 182 valence electrons. The molecule has 2 unspecified atom stereocenters. The molecule has 0 saturated carbocycles. The number of benzene rings is 1. The number of likely N-dealkylation sites (tertiary alicyclic amines) is 1. The summed E-state index contributed by atoms with van der Waals surface area (Å²) in [5, 5.41) is 6.54. The summed E-state index contributed by atoms with van der Waals surface area (Å²) in [5.74, 6) is 0.905. The maximum absolute atomic E-state index is 12.6. The Morgan fingerprint density at radius 2 is 2.03 bits per heavy atom. The molecule has 0 radical (unpaired) electrons. The van der Waals surface area contributed by atoms with Crippen LogP contribution in [0.4, 0.5) is 0 Å². The number of thiazole rings is 1. The van der Waals surface area contributed by atoms with Gasteiger partial charge < -0.3 is 14.7 Å². The highest BCUT2D eigenvalue weighted by Gasteiger charge is 2.35. The third-order valence-electron chi connectivity index (χ3n) is 6.07. The number of amides is 2. The Morgan fingerprint density at radius 1 is 1.29 bits per heavy atom. The van der Waals surface area contributed by atoms with E-state index in [1.54, 1.807) is 11.3 Å². The lowest BCUT2D eigenvalue weighted by atomic mass is 9.91. The average Bonchev–Trinajstić information content (AvgIpc) is 3.54. The Hall–Kier alpha value is -3.00. The van der Waals surface area contributed by atoms with Gasteiger partial charge in [-0.15, -0.1) is 11.3 Å². The summed E-state index contributed by atoms with van der Waals surface area (Å²) in [5.41, 5.74) is 6.02. The van der Waals surface area contributed by atoms with E-state index in [2.05, 4.69) is 48.4 Å². The highest BCUT2D eigenvalue weighted by Crippen LogP contribution is 2.30. The SMILES string of the molecule is Cc1cc(C(C(=O)N2CCCC2C)C(C)C)on1.Cc1ncsc1-c1ccc(CNC=O)cc1. The lowest BCUT2D eigenvalue weighted by Gasteiger charge is -2.27. The molecule has 1 fully saturated rings. The van der Waals surface area contributed by atoms with Crippen molar-refractivity contribution in [3.05, 3.63) is 58.6 Å². The van der Waals surface area contributed by atoms with Gasteiger partial charge in [0.1, 0.15) is 11.7 Å². The summed E-state index contributed by atoms with van der Waals surface area (Å²) in [7, 11) is 0. The van der Waals surface area contributed by atoms with Crippen LogP contribution in [0, 0.1) is 19.8 Å². The van der Waals surface area contributed by atoms with Crippen LogP contribution in [0.1, 0.15) is 62.2 Å². The molecule has 8 heteroatoms. The van der Waals surface area contributed by atoms with Gasteiger partial charge in [-0.05, 0) is 50.7 Å². The Kier molecular flexibility index (Phi) is 8.98. The molecule has 1 aliphatic rings. The van der Waals surface area contributed by atoms with Gasteiger partial charge in [0.25, 0.3) is 0 Å². The van der Waals surface area contributed by atoms with Crippen LogP contribution in [0.5, 0.6) is 0 Å². The summed E-state index contributed by atoms with van der Waals surface area (Å²) in [6.45, 7) is 11.6. The lowest BCUT2D eigenvalue weighted by Crippen LogP contribution is -2.38. The van der Waals surface area contributed by atoms with Crippen molar-refractivity contribution < 1.29 is 14.1 Å². The zero-order valence-electron chi connectivity index (χ0n) is 20.6. The standard InChI is InChI=1S/C14H22N2O2.C12H12N2OS/c1-9(2)13(12-8-10(3)15-18-12)14(17)16-7-5-6-11(16)4;1-9-12(16-8-14-9)11-4-2-10(3-5-11)6-13-7-15/h8-9,11,13H,5-7H2,1-4H3;2-5,7-8H,6H2,1H3,(H,13,15). The van der Waals surface area contributed by atoms with E-state index < -0.39 is 0 Å². The van der Waals surface area contributed by atoms with Crippen LogP contribution in [0.15, 0.2) is 40.4 Å². The van der Waals surface area contributed by atoms with Gasteiger partial charge in [-0.3, -0.25) is 9.59 Å². The number of nitrogens with zero attached hydrogens (tertiary/aromatic N) is 3. The fraction of sp³-hybridized carbons (Fsp3) is 0.462. The summed E-state index contributed by atoms with van der Waals surface area (Å²) >= 11 is 1.64. The monoisotopic (exact) mass is 482 g/mol.